The molecule has 1 aromatic rings. The number of carbonyl (C=O) groups excluding carboxylic acids is 2. The number of amides is 3. The Morgan fingerprint density at radius 2 is 1.89 bits per heavy atom. The quantitative estimate of drug-likeness (QED) is 0.844. The van der Waals surface area contributed by atoms with E-state index in [1.54, 1.807) is 4.90 Å². The molecule has 0 unspecified atom stereocenters. The van der Waals surface area contributed by atoms with Crippen LogP contribution < -0.4 is 10.2 Å². The second-order valence-corrected chi connectivity index (χ2v) is 6.01. The highest BCUT2D eigenvalue weighted by Gasteiger charge is 2.25. The summed E-state index contributed by atoms with van der Waals surface area (Å²) >= 11 is 0. The molecule has 1 heterocycles. The predicted molar refractivity (Wildman–Crippen MR) is 75.4 cm³/mol. The van der Waals surface area contributed by atoms with Gasteiger partial charge in [-0.1, -0.05) is 32.9 Å². The molecule has 0 aromatic heterocycles. The molecule has 102 valence electrons. The molecule has 1 aliphatic rings. The molecular weight excluding hydrogens is 240 g/mol. The van der Waals surface area contributed by atoms with Gasteiger partial charge in [0.2, 0.25) is 5.91 Å². The predicted octanol–water partition coefficient (Wildman–Crippen LogP) is 2.74. The van der Waals surface area contributed by atoms with Gasteiger partial charge in [-0.25, -0.2) is 4.79 Å². The van der Waals surface area contributed by atoms with Crippen molar-refractivity contribution in [1.82, 2.24) is 5.32 Å². The smallest absolute Gasteiger partial charge is 0.293 e. The van der Waals surface area contributed by atoms with Crippen LogP contribution in [-0.4, -0.2) is 18.5 Å². The maximum atomic E-state index is 11.8. The van der Waals surface area contributed by atoms with Crippen LogP contribution >= 0.6 is 0 Å². The second-order valence-electron chi connectivity index (χ2n) is 6.01. The van der Waals surface area contributed by atoms with Crippen molar-refractivity contribution in [2.45, 2.75) is 39.5 Å². The lowest BCUT2D eigenvalue weighted by atomic mass is 9.86. The second kappa shape index (κ2) is 4.68. The molecule has 0 spiro atoms. The van der Waals surface area contributed by atoms with E-state index in [4.69, 9.17) is 0 Å². The zero-order valence-corrected chi connectivity index (χ0v) is 11.9. The summed E-state index contributed by atoms with van der Waals surface area (Å²) in [5.74, 6) is -0.204. The summed E-state index contributed by atoms with van der Waals surface area (Å²) in [6.07, 6.45) is 0.353. The lowest BCUT2D eigenvalue weighted by Crippen LogP contribution is -2.49. The Labute approximate surface area is 113 Å². The molecule has 1 saturated heterocycles. The third-order valence-corrected chi connectivity index (χ3v) is 3.41. The average molecular weight is 260 g/mol. The largest absolute Gasteiger partial charge is 0.328 e. The van der Waals surface area contributed by atoms with Crippen LogP contribution in [0.4, 0.5) is 10.5 Å². The van der Waals surface area contributed by atoms with E-state index in [1.165, 1.54) is 5.56 Å². The van der Waals surface area contributed by atoms with Gasteiger partial charge in [-0.15, -0.1) is 0 Å². The number of anilines is 1. The molecule has 0 bridgehead atoms. The number of carbonyl (C=O) groups is 2. The fourth-order valence-corrected chi connectivity index (χ4v) is 2.22. The number of hydrogen-bond acceptors (Lipinski definition) is 2. The summed E-state index contributed by atoms with van der Waals surface area (Å²) in [5.41, 5.74) is 3.25. The fraction of sp³-hybridized carbons (Fsp3) is 0.467. The first kappa shape index (κ1) is 13.6. The van der Waals surface area contributed by atoms with Gasteiger partial charge in [-0.2, -0.15) is 0 Å². The minimum absolute atomic E-state index is 0.0867. The van der Waals surface area contributed by atoms with Crippen molar-refractivity contribution in [2.24, 2.45) is 0 Å². The van der Waals surface area contributed by atoms with Gasteiger partial charge in [0.25, 0.3) is 0 Å². The van der Waals surface area contributed by atoms with Crippen LogP contribution in [0.3, 0.4) is 0 Å². The van der Waals surface area contributed by atoms with Crippen LogP contribution in [0.25, 0.3) is 0 Å². The monoisotopic (exact) mass is 260 g/mol. The molecule has 3 amide bonds. The van der Waals surface area contributed by atoms with Gasteiger partial charge < -0.3 is 0 Å². The number of rotatable bonds is 1. The van der Waals surface area contributed by atoms with Gasteiger partial charge in [0.1, 0.15) is 0 Å². The molecule has 0 saturated carbocycles. The van der Waals surface area contributed by atoms with Crippen molar-refractivity contribution in [3.63, 3.8) is 0 Å². The molecule has 0 radical (unpaired) electrons. The van der Waals surface area contributed by atoms with E-state index in [1.807, 2.05) is 19.1 Å². The summed E-state index contributed by atoms with van der Waals surface area (Å²) < 4.78 is 0. The summed E-state index contributed by atoms with van der Waals surface area (Å²) in [5, 5.41) is 2.35. The van der Waals surface area contributed by atoms with Gasteiger partial charge in [-0.3, -0.25) is 15.0 Å². The molecule has 4 nitrogen and oxygen atoms in total. The Kier molecular flexibility index (Phi) is 3.35. The van der Waals surface area contributed by atoms with E-state index in [0.29, 0.717) is 13.0 Å². The highest BCUT2D eigenvalue weighted by Crippen LogP contribution is 2.28. The summed E-state index contributed by atoms with van der Waals surface area (Å²) in [6.45, 7) is 8.92. The molecule has 0 atom stereocenters. The normalized spacial score (nSPS) is 16.5. The molecule has 1 N–H and O–H groups in total. The molecule has 1 aliphatic heterocycles. The Morgan fingerprint density at radius 3 is 2.42 bits per heavy atom. The van der Waals surface area contributed by atoms with Gasteiger partial charge >= 0.3 is 6.03 Å². The topological polar surface area (TPSA) is 49.4 Å². The standard InChI is InChI=1S/C15H20N2O2/c1-10-9-11(15(2,3)4)5-6-12(10)17-8-7-13(18)16-14(17)19/h5-6,9H,7-8H2,1-4H3,(H,16,18,19). The molecule has 2 rings (SSSR count). The third-order valence-electron chi connectivity index (χ3n) is 3.41. The number of urea groups is 1. The van der Waals surface area contributed by atoms with Crippen LogP contribution in [0, 0.1) is 6.92 Å². The van der Waals surface area contributed by atoms with E-state index in [9.17, 15) is 9.59 Å². The first-order valence-corrected chi connectivity index (χ1v) is 6.51. The van der Waals surface area contributed by atoms with Crippen molar-refractivity contribution in [3.8, 4) is 0 Å². The maximum Gasteiger partial charge on any atom is 0.328 e. The molecule has 19 heavy (non-hydrogen) atoms. The minimum Gasteiger partial charge on any atom is -0.293 e. The van der Waals surface area contributed by atoms with Gasteiger partial charge in [-0.05, 0) is 29.5 Å². The molecule has 0 aliphatic carbocycles. The first-order valence-electron chi connectivity index (χ1n) is 6.51. The number of nitrogens with one attached hydrogen (secondary N) is 1. The van der Waals surface area contributed by atoms with Crippen LogP contribution in [0.2, 0.25) is 0 Å². The van der Waals surface area contributed by atoms with E-state index < -0.39 is 0 Å². The highest BCUT2D eigenvalue weighted by molar-refractivity contribution is 6.05. The number of imide groups is 1. The minimum atomic E-state index is -0.331. The number of hydrogen-bond donors (Lipinski definition) is 1. The number of aryl methyl sites for hydroxylation is 1. The van der Waals surface area contributed by atoms with E-state index in [2.05, 4.69) is 32.2 Å². The van der Waals surface area contributed by atoms with Crippen molar-refractivity contribution in [3.05, 3.63) is 29.3 Å². The first-order chi connectivity index (χ1) is 8.79. The lowest BCUT2D eigenvalue weighted by Gasteiger charge is -2.29. The van der Waals surface area contributed by atoms with Crippen molar-refractivity contribution in [1.29, 1.82) is 0 Å². The zero-order valence-electron chi connectivity index (χ0n) is 11.9. The van der Waals surface area contributed by atoms with Crippen molar-refractivity contribution >= 4 is 17.6 Å². The molecular formula is C15H20N2O2. The van der Waals surface area contributed by atoms with E-state index in [0.717, 1.165) is 11.3 Å². The third kappa shape index (κ3) is 2.78. The van der Waals surface area contributed by atoms with E-state index in [-0.39, 0.29) is 17.4 Å². The molecule has 1 aromatic carbocycles. The van der Waals surface area contributed by atoms with Gasteiger partial charge in [0, 0.05) is 18.7 Å². The van der Waals surface area contributed by atoms with Crippen LogP contribution in [0.15, 0.2) is 18.2 Å². The van der Waals surface area contributed by atoms with Crippen LogP contribution in [0.1, 0.15) is 38.3 Å². The van der Waals surface area contributed by atoms with E-state index >= 15 is 0 Å². The summed E-state index contributed by atoms with van der Waals surface area (Å²) in [4.78, 5) is 24.6. The summed E-state index contributed by atoms with van der Waals surface area (Å²) in [7, 11) is 0. The van der Waals surface area contributed by atoms with Crippen molar-refractivity contribution < 1.29 is 9.59 Å². The Bertz CT molecular complexity index is 529. The molecule has 1 fully saturated rings. The highest BCUT2D eigenvalue weighted by atomic mass is 16.2. The van der Waals surface area contributed by atoms with Crippen LogP contribution in [0.5, 0.6) is 0 Å². The Morgan fingerprint density at radius 1 is 1.21 bits per heavy atom. The van der Waals surface area contributed by atoms with Gasteiger partial charge in [0.05, 0.1) is 0 Å². The fourth-order valence-electron chi connectivity index (χ4n) is 2.22. The Hall–Kier alpha value is -1.84. The molecule has 4 heteroatoms. The van der Waals surface area contributed by atoms with Crippen molar-refractivity contribution in [2.75, 3.05) is 11.4 Å². The lowest BCUT2D eigenvalue weighted by molar-refractivity contribution is -0.120. The van der Waals surface area contributed by atoms with Crippen LogP contribution in [-0.2, 0) is 10.2 Å². The number of benzene rings is 1. The van der Waals surface area contributed by atoms with Gasteiger partial charge in [0.15, 0.2) is 0 Å². The zero-order chi connectivity index (χ0) is 14.2. The maximum absolute atomic E-state index is 11.8. The number of nitrogens with zero attached hydrogens (tertiary/aromatic N) is 1. The average Bonchev–Trinajstić information content (AvgIpc) is 2.28. The summed E-state index contributed by atoms with van der Waals surface area (Å²) in [6, 6.07) is 5.79. The SMILES string of the molecule is Cc1cc(C(C)(C)C)ccc1N1CCC(=O)NC1=O. The Balaban J connectivity index is 2.31.